The van der Waals surface area contributed by atoms with E-state index in [0.717, 1.165) is 0 Å². The van der Waals surface area contributed by atoms with E-state index in [2.05, 4.69) is 0 Å². The Kier molecular flexibility index (Phi) is 9.46. The molecule has 0 unspecified atom stereocenters. The monoisotopic (exact) mass is 736 g/mol. The van der Waals surface area contributed by atoms with Crippen molar-refractivity contribution in [2.45, 2.75) is 36.5 Å². The Bertz CT molecular complexity index is 850. The van der Waals surface area contributed by atoms with Crippen molar-refractivity contribution in [1.82, 2.24) is 0 Å². The van der Waals surface area contributed by atoms with Crippen LogP contribution in [0.4, 0.5) is 52.7 Å². The van der Waals surface area contributed by atoms with E-state index in [0.29, 0.717) is 11.1 Å². The molecule has 0 fully saturated rings. The average molecular weight is 736 g/mol. The fourth-order valence-corrected chi connectivity index (χ4v) is 6.87. The van der Waals surface area contributed by atoms with E-state index < -0.39 is 87.8 Å². The molecular weight excluding hydrogens is 722 g/mol. The van der Waals surface area contributed by atoms with Crippen molar-refractivity contribution in [2.75, 3.05) is 8.86 Å². The van der Waals surface area contributed by atoms with Crippen molar-refractivity contribution in [3.05, 3.63) is 55.7 Å². The molecule has 0 aliphatic heterocycles. The summed E-state index contributed by atoms with van der Waals surface area (Å²) in [5.74, 6) is -20.6. The van der Waals surface area contributed by atoms with Crippen molar-refractivity contribution in [3.8, 4) is 11.1 Å². The van der Waals surface area contributed by atoms with Crippen LogP contribution in [0, 0.1) is 7.14 Å². The number of halogens is 14. The number of benzene rings is 2. The maximum absolute atomic E-state index is 13.4. The van der Waals surface area contributed by atoms with Crippen molar-refractivity contribution in [2.24, 2.45) is 0 Å². The molecule has 2 aromatic rings. The third-order valence-corrected chi connectivity index (χ3v) is 10.2. The van der Waals surface area contributed by atoms with Gasteiger partial charge in [0, 0.05) is 0 Å². The molecule has 0 bridgehead atoms. The summed E-state index contributed by atoms with van der Waals surface area (Å²) in [6, 6.07) is 11.3. The first-order valence-electron chi connectivity index (χ1n) is 8.97. The molecule has 0 saturated heterocycles. The van der Waals surface area contributed by atoms with Gasteiger partial charge in [-0.3, -0.25) is 0 Å². The van der Waals surface area contributed by atoms with Gasteiger partial charge in [0.15, 0.2) is 0 Å². The van der Waals surface area contributed by atoms with Crippen molar-refractivity contribution < 1.29 is 95.1 Å². The third-order valence-electron chi connectivity index (χ3n) is 4.32. The van der Waals surface area contributed by atoms with Crippen LogP contribution >= 0.6 is 0 Å². The number of alkyl halides is 14. The molecule has 0 aliphatic rings. The van der Waals surface area contributed by atoms with Crippen LogP contribution in [0.2, 0.25) is 0 Å². The van der Waals surface area contributed by atoms with Gasteiger partial charge in [-0.25, -0.2) is 0 Å². The second kappa shape index (κ2) is 11.0. The van der Waals surface area contributed by atoms with Crippen LogP contribution < -0.4 is 42.4 Å². The number of rotatable bonds is 11. The molecule has 0 heterocycles. The Morgan fingerprint density at radius 2 is 0.765 bits per heavy atom. The molecule has 14 heteroatoms. The summed E-state index contributed by atoms with van der Waals surface area (Å²) in [4.78, 5) is 0. The Labute approximate surface area is 206 Å². The fraction of sp³-hybridized carbons (Fsp3) is 0.400. The fourth-order valence-electron chi connectivity index (χ4n) is 2.28. The molecule has 0 amide bonds. The SMILES string of the molecule is FC(F)C(F)(F)C(F)(F)C[I-]c1ccc(-c2ccc([I-]CC(F)(F)C(F)(F)C(F)F)cc2)cc1. The molecule has 0 saturated carbocycles. The van der Waals surface area contributed by atoms with E-state index in [4.69, 9.17) is 0 Å². The van der Waals surface area contributed by atoms with Gasteiger partial charge in [0.25, 0.3) is 0 Å². The second-order valence-electron chi connectivity index (χ2n) is 6.80. The molecule has 2 aromatic carbocycles. The molecule has 194 valence electrons. The summed E-state index contributed by atoms with van der Waals surface area (Å²) < 4.78 is 152. The van der Waals surface area contributed by atoms with Gasteiger partial charge in [-0.05, 0) is 0 Å². The summed E-state index contributed by atoms with van der Waals surface area (Å²) in [6.45, 7) is 0. The van der Waals surface area contributed by atoms with Gasteiger partial charge in [-0.2, -0.15) is 0 Å². The van der Waals surface area contributed by atoms with Gasteiger partial charge in [-0.1, -0.05) is 0 Å². The molecule has 2 rings (SSSR count). The topological polar surface area (TPSA) is 0 Å². The summed E-state index contributed by atoms with van der Waals surface area (Å²) in [6.07, 6.45) is -8.99. The van der Waals surface area contributed by atoms with Gasteiger partial charge in [0.05, 0.1) is 0 Å². The molecule has 0 aliphatic carbocycles. The summed E-state index contributed by atoms with van der Waals surface area (Å²) >= 11 is -3.44. The zero-order valence-corrected chi connectivity index (χ0v) is 20.8. The second-order valence-corrected chi connectivity index (χ2v) is 12.3. The molecule has 0 spiro atoms. The van der Waals surface area contributed by atoms with E-state index in [-0.39, 0.29) is 7.14 Å². The van der Waals surface area contributed by atoms with E-state index in [1.165, 1.54) is 48.5 Å². The molecule has 0 radical (unpaired) electrons. The molecular formula is C20H14F12I2-2. The van der Waals surface area contributed by atoms with Gasteiger partial charge < -0.3 is 0 Å². The molecule has 0 N–H and O–H groups in total. The first-order chi connectivity index (χ1) is 15.5. The third kappa shape index (κ3) is 6.63. The standard InChI is InChI=1S/C20H14F12I2/c21-15(22)19(29,30)17(25,26)9-33-13-5-1-11(2-6-13)12-3-7-14(8-4-12)34-10-18(27,28)20(31,32)16(23)24/h1-8,15-16H,9-10H2/q-2. The Morgan fingerprint density at radius 3 is 1.00 bits per heavy atom. The normalized spacial score (nSPS) is 13.9. The Morgan fingerprint density at radius 1 is 0.500 bits per heavy atom. The minimum absolute atomic E-state index is 0.289. The van der Waals surface area contributed by atoms with Crippen LogP contribution in [0.3, 0.4) is 0 Å². The van der Waals surface area contributed by atoms with Crippen LogP contribution in [0.1, 0.15) is 0 Å². The predicted molar refractivity (Wildman–Crippen MR) is 90.8 cm³/mol. The number of hydrogen-bond donors (Lipinski definition) is 0. The first-order valence-corrected chi connectivity index (χ1v) is 14.2. The van der Waals surface area contributed by atoms with E-state index in [1.807, 2.05) is 0 Å². The zero-order valence-electron chi connectivity index (χ0n) is 16.5. The Balaban J connectivity index is 2.01. The van der Waals surface area contributed by atoms with Gasteiger partial charge >= 0.3 is 207 Å². The van der Waals surface area contributed by atoms with Crippen LogP contribution in [0.15, 0.2) is 48.5 Å². The average Bonchev–Trinajstić information content (AvgIpc) is 2.76. The molecule has 0 atom stereocenters. The van der Waals surface area contributed by atoms with Crippen molar-refractivity contribution in [1.29, 1.82) is 0 Å². The summed E-state index contributed by atoms with van der Waals surface area (Å²) in [5.41, 5.74) is 1.05. The molecule has 0 nitrogen and oxygen atoms in total. The predicted octanol–water partition coefficient (Wildman–Crippen LogP) is 0.942. The maximum atomic E-state index is 13.4. The van der Waals surface area contributed by atoms with Gasteiger partial charge in [0.2, 0.25) is 0 Å². The van der Waals surface area contributed by atoms with Crippen molar-refractivity contribution >= 4 is 0 Å². The van der Waals surface area contributed by atoms with E-state index >= 15 is 0 Å². The minimum atomic E-state index is -5.43. The van der Waals surface area contributed by atoms with Crippen LogP contribution in [-0.2, 0) is 0 Å². The van der Waals surface area contributed by atoms with E-state index in [1.54, 1.807) is 0 Å². The molecule has 34 heavy (non-hydrogen) atoms. The molecule has 0 aromatic heterocycles. The van der Waals surface area contributed by atoms with Crippen LogP contribution in [-0.4, -0.2) is 45.4 Å². The quantitative estimate of drug-likeness (QED) is 0.183. The summed E-state index contributed by atoms with van der Waals surface area (Å²) in [7, 11) is 0. The summed E-state index contributed by atoms with van der Waals surface area (Å²) in [5, 5.41) is 0. The first kappa shape index (κ1) is 29.3. The van der Waals surface area contributed by atoms with Crippen LogP contribution in [0.5, 0.6) is 0 Å². The zero-order chi connectivity index (χ0) is 25.9. The Hall–Kier alpha value is -0.940. The number of hydrogen-bond acceptors (Lipinski definition) is 0. The van der Waals surface area contributed by atoms with Gasteiger partial charge in [-0.15, -0.1) is 0 Å². The van der Waals surface area contributed by atoms with Crippen LogP contribution in [0.25, 0.3) is 11.1 Å². The van der Waals surface area contributed by atoms with Gasteiger partial charge in [0.1, 0.15) is 0 Å². The van der Waals surface area contributed by atoms with Crippen molar-refractivity contribution in [3.63, 3.8) is 0 Å². The van der Waals surface area contributed by atoms with E-state index in [9.17, 15) is 52.7 Å².